The molecule has 6 N–H and O–H groups in total. The highest BCUT2D eigenvalue weighted by molar-refractivity contribution is 5.84. The van der Waals surface area contributed by atoms with Gasteiger partial charge in [-0.05, 0) is 13.0 Å². The largest absolute Gasteiger partial charge is 0.385 e. The van der Waals surface area contributed by atoms with Crippen LogP contribution in [0.5, 0.6) is 0 Å². The molecule has 0 heterocycles. The van der Waals surface area contributed by atoms with Crippen LogP contribution in [-0.2, 0) is 9.59 Å². The van der Waals surface area contributed by atoms with Gasteiger partial charge < -0.3 is 21.7 Å². The zero-order chi connectivity index (χ0) is 15.6. The molecule has 0 aromatic rings. The molecule has 0 bridgehead atoms. The predicted octanol–water partition coefficient (Wildman–Crippen LogP) is -0.548. The third-order valence-electron chi connectivity index (χ3n) is 2.46. The molecule has 0 aromatic carbocycles. The van der Waals surface area contributed by atoms with E-state index in [9.17, 15) is 9.59 Å². The topological polar surface area (TPSA) is 127 Å². The molecule has 0 rings (SSSR count). The Morgan fingerprint density at radius 3 is 1.47 bits per heavy atom. The summed E-state index contributed by atoms with van der Waals surface area (Å²) in [6.07, 6.45) is -1.45. The summed E-state index contributed by atoms with van der Waals surface area (Å²) >= 11 is 0. The Labute approximate surface area is 115 Å². The van der Waals surface area contributed by atoms with Gasteiger partial charge in [-0.15, -0.1) is 0 Å². The second-order valence-electron chi connectivity index (χ2n) is 4.96. The zero-order valence-corrected chi connectivity index (χ0v) is 12.3. The van der Waals surface area contributed by atoms with Crippen molar-refractivity contribution in [2.75, 3.05) is 13.1 Å². The van der Waals surface area contributed by atoms with Crippen molar-refractivity contribution < 1.29 is 19.8 Å². The first-order valence-corrected chi connectivity index (χ1v) is 6.52. The Morgan fingerprint density at radius 2 is 1.26 bits per heavy atom. The van der Waals surface area contributed by atoms with Gasteiger partial charge in [0.25, 0.3) is 0 Å². The predicted molar refractivity (Wildman–Crippen MR) is 74.4 cm³/mol. The van der Waals surface area contributed by atoms with Crippen LogP contribution in [0.4, 0.5) is 0 Å². The first-order valence-electron chi connectivity index (χ1n) is 6.52. The number of aliphatic hydroxyl groups is 2. The molecule has 0 amide bonds. The molecule has 0 aliphatic rings. The molecule has 0 saturated carbocycles. The van der Waals surface area contributed by atoms with Gasteiger partial charge in [-0.1, -0.05) is 27.7 Å². The lowest BCUT2D eigenvalue weighted by atomic mass is 10.0. The van der Waals surface area contributed by atoms with Gasteiger partial charge in [-0.25, -0.2) is 0 Å². The SMILES string of the molecule is CC(C)C(=O)C(O)CCN.CC(C)C(=O)C(O)CN. The Bertz CT molecular complexity index is 267. The molecule has 0 radical (unpaired) electrons. The van der Waals surface area contributed by atoms with Crippen LogP contribution in [0.25, 0.3) is 0 Å². The molecule has 6 heteroatoms. The standard InChI is InChI=1S/C7H15NO2.C6H13NO2/c1-5(2)7(10)6(9)3-4-8;1-4(2)6(9)5(8)3-7/h5-6,9H,3-4,8H2,1-2H3;4-5,8H,3,7H2,1-2H3. The minimum absolute atomic E-state index is 0.0248. The van der Waals surface area contributed by atoms with Crippen molar-refractivity contribution in [3.8, 4) is 0 Å². The quantitative estimate of drug-likeness (QED) is 0.494. The van der Waals surface area contributed by atoms with Crippen molar-refractivity contribution >= 4 is 11.6 Å². The summed E-state index contributed by atoms with van der Waals surface area (Å²) in [5.74, 6) is -0.520. The van der Waals surface area contributed by atoms with Gasteiger partial charge in [0.15, 0.2) is 11.6 Å². The van der Waals surface area contributed by atoms with Gasteiger partial charge in [-0.3, -0.25) is 9.59 Å². The van der Waals surface area contributed by atoms with Crippen molar-refractivity contribution in [1.82, 2.24) is 0 Å². The highest BCUT2D eigenvalue weighted by Crippen LogP contribution is 2.01. The highest BCUT2D eigenvalue weighted by atomic mass is 16.3. The molecule has 0 spiro atoms. The fourth-order valence-electron chi connectivity index (χ4n) is 1.19. The van der Waals surface area contributed by atoms with E-state index < -0.39 is 12.2 Å². The second kappa shape index (κ2) is 11.0. The maximum Gasteiger partial charge on any atom is 0.165 e. The molecule has 0 fully saturated rings. The second-order valence-corrected chi connectivity index (χ2v) is 4.96. The summed E-state index contributed by atoms with van der Waals surface area (Å²) in [5.41, 5.74) is 10.2. The number of aliphatic hydroxyl groups excluding tert-OH is 2. The summed E-state index contributed by atoms with van der Waals surface area (Å²) in [6.45, 7) is 7.39. The summed E-state index contributed by atoms with van der Waals surface area (Å²) in [4.78, 5) is 21.7. The van der Waals surface area contributed by atoms with Crippen molar-refractivity contribution in [2.45, 2.75) is 46.3 Å². The number of ketones is 2. The van der Waals surface area contributed by atoms with Gasteiger partial charge in [0.1, 0.15) is 12.2 Å². The average molecular weight is 276 g/mol. The Balaban J connectivity index is 0. The van der Waals surface area contributed by atoms with E-state index >= 15 is 0 Å². The van der Waals surface area contributed by atoms with Crippen LogP contribution < -0.4 is 11.5 Å². The normalized spacial score (nSPS) is 13.8. The maximum atomic E-state index is 10.9. The van der Waals surface area contributed by atoms with Gasteiger partial charge >= 0.3 is 0 Å². The number of hydrogen-bond acceptors (Lipinski definition) is 6. The molecule has 0 aliphatic carbocycles. The molecule has 0 saturated heterocycles. The lowest BCUT2D eigenvalue weighted by molar-refractivity contribution is -0.130. The molecular weight excluding hydrogens is 248 g/mol. The lowest BCUT2D eigenvalue weighted by Crippen LogP contribution is -2.32. The third kappa shape index (κ3) is 9.72. The van der Waals surface area contributed by atoms with Crippen LogP contribution in [0.3, 0.4) is 0 Å². The van der Waals surface area contributed by atoms with Crippen LogP contribution in [0.2, 0.25) is 0 Å². The molecule has 0 aliphatic heterocycles. The van der Waals surface area contributed by atoms with Crippen LogP contribution in [0, 0.1) is 11.8 Å². The minimum Gasteiger partial charge on any atom is -0.385 e. The van der Waals surface area contributed by atoms with E-state index in [0.717, 1.165) is 0 Å². The van der Waals surface area contributed by atoms with Crippen molar-refractivity contribution in [3.63, 3.8) is 0 Å². The van der Waals surface area contributed by atoms with Gasteiger partial charge in [0.05, 0.1) is 0 Å². The summed E-state index contributed by atoms with van der Waals surface area (Å²) in [5, 5.41) is 17.9. The van der Waals surface area contributed by atoms with Crippen LogP contribution in [-0.4, -0.2) is 47.1 Å². The smallest absolute Gasteiger partial charge is 0.165 e. The Morgan fingerprint density at radius 1 is 0.895 bits per heavy atom. The molecule has 114 valence electrons. The molecule has 2 unspecified atom stereocenters. The first-order chi connectivity index (χ1) is 8.68. The minimum atomic E-state index is -0.968. The van der Waals surface area contributed by atoms with E-state index in [4.69, 9.17) is 21.7 Å². The van der Waals surface area contributed by atoms with Crippen LogP contribution in [0.1, 0.15) is 34.1 Å². The molecule has 19 heavy (non-hydrogen) atoms. The monoisotopic (exact) mass is 276 g/mol. The number of hydrogen-bond donors (Lipinski definition) is 4. The van der Waals surface area contributed by atoms with Gasteiger partial charge in [0.2, 0.25) is 0 Å². The van der Waals surface area contributed by atoms with E-state index in [0.29, 0.717) is 13.0 Å². The van der Waals surface area contributed by atoms with E-state index in [1.54, 1.807) is 27.7 Å². The van der Waals surface area contributed by atoms with Crippen molar-refractivity contribution in [2.24, 2.45) is 23.3 Å². The molecular formula is C13H28N2O4. The molecule has 2 atom stereocenters. The summed E-state index contributed by atoms with van der Waals surface area (Å²) in [6, 6.07) is 0. The maximum absolute atomic E-state index is 10.9. The van der Waals surface area contributed by atoms with Crippen LogP contribution >= 0.6 is 0 Å². The Hall–Kier alpha value is -0.820. The summed E-state index contributed by atoms with van der Waals surface area (Å²) in [7, 11) is 0. The third-order valence-corrected chi connectivity index (χ3v) is 2.46. The number of Topliss-reactive ketones (excluding diaryl/α,β-unsaturated/α-hetero) is 2. The number of carbonyl (C=O) groups excluding carboxylic acids is 2. The fourth-order valence-corrected chi connectivity index (χ4v) is 1.19. The van der Waals surface area contributed by atoms with Gasteiger partial charge in [0, 0.05) is 18.4 Å². The number of rotatable bonds is 7. The number of nitrogens with two attached hydrogens (primary N) is 2. The van der Waals surface area contributed by atoms with Crippen molar-refractivity contribution in [3.05, 3.63) is 0 Å². The highest BCUT2D eigenvalue weighted by Gasteiger charge is 2.16. The van der Waals surface area contributed by atoms with Gasteiger partial charge in [-0.2, -0.15) is 0 Å². The lowest BCUT2D eigenvalue weighted by Gasteiger charge is -2.09. The van der Waals surface area contributed by atoms with Crippen molar-refractivity contribution in [1.29, 1.82) is 0 Å². The first kappa shape index (κ1) is 20.5. The zero-order valence-electron chi connectivity index (χ0n) is 12.3. The van der Waals surface area contributed by atoms with E-state index in [1.807, 2.05) is 0 Å². The average Bonchev–Trinajstić information content (AvgIpc) is 2.36. The molecule has 0 aromatic heterocycles. The Kier molecular flexibility index (Phi) is 11.9. The van der Waals surface area contributed by atoms with Crippen LogP contribution in [0.15, 0.2) is 0 Å². The van der Waals surface area contributed by atoms with E-state index in [2.05, 4.69) is 0 Å². The van der Waals surface area contributed by atoms with E-state index in [1.165, 1.54) is 0 Å². The van der Waals surface area contributed by atoms with E-state index in [-0.39, 0.29) is 29.9 Å². The molecule has 6 nitrogen and oxygen atoms in total. The number of carbonyl (C=O) groups is 2. The summed E-state index contributed by atoms with van der Waals surface area (Å²) < 4.78 is 0. The fraction of sp³-hybridized carbons (Fsp3) is 0.846.